The molecule has 9 nitrogen and oxygen atoms in total. The number of fused-ring (bicyclic) bond motifs is 4. The van der Waals surface area contributed by atoms with Gasteiger partial charge in [0.1, 0.15) is 0 Å². The molecule has 2 bridgehead atoms. The number of halogens is 2. The fraction of sp³-hybridized carbons (Fsp3) is 0.618. The molecule has 1 aliphatic carbocycles. The second-order valence-electron chi connectivity index (χ2n) is 14.0. The first-order valence-electron chi connectivity index (χ1n) is 16.8. The second-order valence-corrected chi connectivity index (χ2v) is 14.0. The number of alkyl halides is 2. The van der Waals surface area contributed by atoms with Crippen molar-refractivity contribution in [3.63, 3.8) is 0 Å². The Labute approximate surface area is 263 Å². The van der Waals surface area contributed by atoms with Crippen LogP contribution in [0.15, 0.2) is 24.5 Å². The van der Waals surface area contributed by atoms with Crippen LogP contribution in [0.3, 0.4) is 0 Å². The predicted molar refractivity (Wildman–Crippen MR) is 169 cm³/mol. The number of piperidine rings is 3. The van der Waals surface area contributed by atoms with Crippen molar-refractivity contribution in [2.75, 3.05) is 50.7 Å². The van der Waals surface area contributed by atoms with Gasteiger partial charge in [-0.1, -0.05) is 0 Å². The molecule has 1 amide bonds. The highest BCUT2D eigenvalue weighted by Crippen LogP contribution is 2.45. The molecule has 240 valence electrons. The standard InChI is InChI=1S/C34H44F2N8O/c1-21(45)42-11-7-31-30(20-42)34(39-44(31)26-5-9-41(10-6-26)19-29-23-12-24(29)16-37-15-23)43-8-3-4-22-13-27(25-17-38-40(2)18-25)28(33(35)36)14-32(22)43/h13-14,17-18,23-24,26,29,33,37H,3-12,15-16,19-20H2,1-2H3. The molecule has 8 rings (SSSR count). The number of aromatic nitrogens is 4. The summed E-state index contributed by atoms with van der Waals surface area (Å²) in [5.41, 5.74) is 5.43. The third-order valence-electron chi connectivity index (χ3n) is 11.4. The highest BCUT2D eigenvalue weighted by molar-refractivity contribution is 5.78. The lowest BCUT2D eigenvalue weighted by Gasteiger charge is -2.52. The Bertz CT molecular complexity index is 1580. The Kier molecular flexibility index (Phi) is 7.43. The van der Waals surface area contributed by atoms with Crippen molar-refractivity contribution in [3.8, 4) is 11.1 Å². The molecule has 0 radical (unpaired) electrons. The summed E-state index contributed by atoms with van der Waals surface area (Å²) in [4.78, 5) is 19.2. The predicted octanol–water partition coefficient (Wildman–Crippen LogP) is 4.70. The zero-order valence-corrected chi connectivity index (χ0v) is 26.4. The van der Waals surface area contributed by atoms with Gasteiger partial charge in [0, 0.05) is 87.4 Å². The molecule has 2 aromatic heterocycles. The van der Waals surface area contributed by atoms with Crippen molar-refractivity contribution in [1.29, 1.82) is 0 Å². The van der Waals surface area contributed by atoms with Gasteiger partial charge in [0.05, 0.1) is 18.8 Å². The Balaban J connectivity index is 1.11. The number of aryl methyl sites for hydroxylation is 2. The van der Waals surface area contributed by atoms with E-state index < -0.39 is 6.43 Å². The molecule has 0 spiro atoms. The van der Waals surface area contributed by atoms with Gasteiger partial charge in [0.15, 0.2) is 5.82 Å². The number of carbonyl (C=O) groups excluding carboxylic acids is 1. The molecule has 2 saturated heterocycles. The Morgan fingerprint density at radius 1 is 1.09 bits per heavy atom. The number of benzene rings is 1. The van der Waals surface area contributed by atoms with Crippen molar-refractivity contribution in [2.45, 2.75) is 64.5 Å². The molecule has 45 heavy (non-hydrogen) atoms. The summed E-state index contributed by atoms with van der Waals surface area (Å²) in [6.07, 6.45) is 6.85. The molecular formula is C34H44F2N8O. The number of nitrogens with zero attached hydrogens (tertiary/aromatic N) is 7. The lowest BCUT2D eigenvalue weighted by atomic mass is 9.62. The van der Waals surface area contributed by atoms with Crippen LogP contribution in [0, 0.1) is 17.8 Å². The van der Waals surface area contributed by atoms with Crippen molar-refractivity contribution in [3.05, 3.63) is 46.9 Å². The van der Waals surface area contributed by atoms with Crippen LogP contribution in [0.2, 0.25) is 0 Å². The minimum atomic E-state index is -2.62. The number of likely N-dealkylation sites (tertiary alicyclic amines) is 1. The van der Waals surface area contributed by atoms with Gasteiger partial charge in [-0.2, -0.15) is 10.2 Å². The van der Waals surface area contributed by atoms with Crippen LogP contribution in [0.1, 0.15) is 67.5 Å². The molecule has 2 atom stereocenters. The Morgan fingerprint density at radius 2 is 1.89 bits per heavy atom. The summed E-state index contributed by atoms with van der Waals surface area (Å²) in [7, 11) is 1.80. The minimum absolute atomic E-state index is 0.0195. The fourth-order valence-electron chi connectivity index (χ4n) is 8.87. The van der Waals surface area contributed by atoms with Gasteiger partial charge in [0.25, 0.3) is 6.43 Å². The number of carbonyl (C=O) groups is 1. The van der Waals surface area contributed by atoms with Gasteiger partial charge in [0.2, 0.25) is 5.91 Å². The van der Waals surface area contributed by atoms with Gasteiger partial charge in [-0.3, -0.25) is 14.2 Å². The number of nitrogens with one attached hydrogen (secondary N) is 1. The average Bonchev–Trinajstić information content (AvgIpc) is 3.66. The molecule has 5 aliphatic rings. The summed E-state index contributed by atoms with van der Waals surface area (Å²) in [5.74, 6) is 3.45. The van der Waals surface area contributed by atoms with E-state index in [9.17, 15) is 13.6 Å². The van der Waals surface area contributed by atoms with Crippen LogP contribution in [0.25, 0.3) is 11.1 Å². The monoisotopic (exact) mass is 618 g/mol. The zero-order valence-electron chi connectivity index (χ0n) is 26.4. The number of amides is 1. The molecule has 6 heterocycles. The first kappa shape index (κ1) is 29.1. The Morgan fingerprint density at radius 3 is 2.58 bits per heavy atom. The van der Waals surface area contributed by atoms with E-state index in [1.54, 1.807) is 37.1 Å². The van der Waals surface area contributed by atoms with Crippen molar-refractivity contribution in [2.24, 2.45) is 24.8 Å². The van der Waals surface area contributed by atoms with Crippen LogP contribution >= 0.6 is 0 Å². The third kappa shape index (κ3) is 5.16. The van der Waals surface area contributed by atoms with Crippen molar-refractivity contribution < 1.29 is 13.6 Å². The molecule has 4 aliphatic heterocycles. The van der Waals surface area contributed by atoms with Gasteiger partial charge in [-0.05, 0) is 86.2 Å². The van der Waals surface area contributed by atoms with E-state index >= 15 is 0 Å². The summed E-state index contributed by atoms with van der Waals surface area (Å²) >= 11 is 0. The maximum Gasteiger partial charge on any atom is 0.264 e. The van der Waals surface area contributed by atoms with E-state index in [4.69, 9.17) is 5.10 Å². The van der Waals surface area contributed by atoms with Crippen LogP contribution in [0.5, 0.6) is 0 Å². The summed E-state index contributed by atoms with van der Waals surface area (Å²) in [6.45, 7) is 9.28. The van der Waals surface area contributed by atoms with Crippen LogP contribution in [-0.4, -0.2) is 81.1 Å². The van der Waals surface area contributed by atoms with E-state index in [-0.39, 0.29) is 11.5 Å². The summed E-state index contributed by atoms with van der Waals surface area (Å²) in [5, 5.41) is 13.1. The third-order valence-corrected chi connectivity index (χ3v) is 11.4. The largest absolute Gasteiger partial charge is 0.338 e. The normalized spacial score (nSPS) is 25.3. The molecule has 1 aromatic carbocycles. The summed E-state index contributed by atoms with van der Waals surface area (Å²) < 4.78 is 33.1. The van der Waals surface area contributed by atoms with E-state index in [2.05, 4.69) is 24.9 Å². The van der Waals surface area contributed by atoms with Crippen LogP contribution < -0.4 is 10.2 Å². The number of anilines is 2. The molecule has 1 saturated carbocycles. The van der Waals surface area contributed by atoms with Gasteiger partial charge >= 0.3 is 0 Å². The molecule has 3 fully saturated rings. The number of hydrogen-bond acceptors (Lipinski definition) is 6. The average molecular weight is 619 g/mol. The van der Waals surface area contributed by atoms with Crippen molar-refractivity contribution >= 4 is 17.4 Å². The topological polar surface area (TPSA) is 74.5 Å². The maximum atomic E-state index is 14.6. The van der Waals surface area contributed by atoms with Gasteiger partial charge in [-0.25, -0.2) is 8.78 Å². The number of rotatable bonds is 6. The Hall–Kier alpha value is -3.31. The quantitative estimate of drug-likeness (QED) is 0.432. The smallest absolute Gasteiger partial charge is 0.264 e. The SMILES string of the molecule is CC(=O)N1CCc2c(c(N3CCCc4cc(-c5cnn(C)c5)c(C(F)F)cc43)nn2C2CCN(CC3C4CNCC3C4)CC2)C1. The first-order chi connectivity index (χ1) is 21.8. The van der Waals surface area contributed by atoms with Gasteiger partial charge in [-0.15, -0.1) is 0 Å². The highest BCUT2D eigenvalue weighted by atomic mass is 19.3. The van der Waals surface area contributed by atoms with E-state index in [1.165, 1.54) is 31.7 Å². The van der Waals surface area contributed by atoms with E-state index in [1.807, 2.05) is 11.0 Å². The minimum Gasteiger partial charge on any atom is -0.338 e. The first-order valence-corrected chi connectivity index (χ1v) is 16.8. The molecule has 1 N–H and O–H groups in total. The van der Waals surface area contributed by atoms with Crippen LogP contribution in [-0.2, 0) is 31.2 Å². The van der Waals surface area contributed by atoms with Gasteiger partial charge < -0.3 is 20.0 Å². The van der Waals surface area contributed by atoms with E-state index in [0.29, 0.717) is 36.8 Å². The molecule has 11 heteroatoms. The molecule has 3 aromatic rings. The second kappa shape index (κ2) is 11.5. The molecular weight excluding hydrogens is 574 g/mol. The van der Waals surface area contributed by atoms with E-state index in [0.717, 1.165) is 85.6 Å². The maximum absolute atomic E-state index is 14.6. The fourth-order valence-corrected chi connectivity index (χ4v) is 8.87. The lowest BCUT2D eigenvalue weighted by Crippen LogP contribution is -2.57. The number of hydrogen-bond donors (Lipinski definition) is 1. The van der Waals surface area contributed by atoms with Crippen molar-refractivity contribution in [1.82, 2.24) is 34.7 Å². The lowest BCUT2D eigenvalue weighted by molar-refractivity contribution is -0.129. The highest BCUT2D eigenvalue weighted by Gasteiger charge is 2.44. The van der Waals surface area contributed by atoms with Crippen LogP contribution in [0.4, 0.5) is 20.3 Å². The molecule has 2 unspecified atom stereocenters. The summed E-state index contributed by atoms with van der Waals surface area (Å²) in [6, 6.07) is 3.93. The zero-order chi connectivity index (χ0) is 30.8.